The second-order valence-corrected chi connectivity index (χ2v) is 4.18. The van der Waals surface area contributed by atoms with Gasteiger partial charge in [0.15, 0.2) is 0 Å². The third-order valence-electron chi connectivity index (χ3n) is 2.81. The predicted molar refractivity (Wildman–Crippen MR) is 72.1 cm³/mol. The number of rotatable bonds is 9. The van der Waals surface area contributed by atoms with Gasteiger partial charge in [-0.25, -0.2) is 0 Å². The SMILES string of the molecule is Cc1c(CNCCCOCCO)cccc1[N+](=O)[O-]. The Morgan fingerprint density at radius 2 is 2.21 bits per heavy atom. The summed E-state index contributed by atoms with van der Waals surface area (Å²) in [5.74, 6) is 0. The molecule has 6 heteroatoms. The van der Waals surface area contributed by atoms with Crippen molar-refractivity contribution in [3.63, 3.8) is 0 Å². The molecule has 1 rings (SSSR count). The number of hydrogen-bond acceptors (Lipinski definition) is 5. The fourth-order valence-electron chi connectivity index (χ4n) is 1.75. The van der Waals surface area contributed by atoms with Crippen molar-refractivity contribution in [1.29, 1.82) is 0 Å². The quantitative estimate of drug-likeness (QED) is 0.401. The molecule has 0 saturated heterocycles. The number of hydrogen-bond donors (Lipinski definition) is 2. The van der Waals surface area contributed by atoms with Gasteiger partial charge >= 0.3 is 0 Å². The Morgan fingerprint density at radius 3 is 2.89 bits per heavy atom. The Morgan fingerprint density at radius 1 is 1.42 bits per heavy atom. The lowest BCUT2D eigenvalue weighted by atomic mass is 10.1. The monoisotopic (exact) mass is 268 g/mol. The molecule has 0 saturated carbocycles. The average molecular weight is 268 g/mol. The zero-order valence-electron chi connectivity index (χ0n) is 11.1. The van der Waals surface area contributed by atoms with E-state index in [0.29, 0.717) is 25.3 Å². The van der Waals surface area contributed by atoms with Crippen LogP contribution in [-0.4, -0.2) is 36.4 Å². The van der Waals surface area contributed by atoms with Crippen LogP contribution in [0.2, 0.25) is 0 Å². The van der Waals surface area contributed by atoms with Crippen molar-refractivity contribution in [1.82, 2.24) is 5.32 Å². The summed E-state index contributed by atoms with van der Waals surface area (Å²) in [6, 6.07) is 5.10. The van der Waals surface area contributed by atoms with Gasteiger partial charge in [0.25, 0.3) is 5.69 Å². The summed E-state index contributed by atoms with van der Waals surface area (Å²) in [4.78, 5) is 10.4. The molecule has 1 aromatic carbocycles. The first-order valence-electron chi connectivity index (χ1n) is 6.29. The molecule has 0 heterocycles. The molecule has 0 bridgehead atoms. The minimum atomic E-state index is -0.360. The van der Waals surface area contributed by atoms with E-state index in [1.54, 1.807) is 13.0 Å². The van der Waals surface area contributed by atoms with Crippen molar-refractivity contribution in [3.05, 3.63) is 39.4 Å². The van der Waals surface area contributed by atoms with Crippen LogP contribution in [0.15, 0.2) is 18.2 Å². The van der Waals surface area contributed by atoms with Crippen LogP contribution in [0.4, 0.5) is 5.69 Å². The maximum atomic E-state index is 10.8. The van der Waals surface area contributed by atoms with Crippen molar-refractivity contribution in [2.24, 2.45) is 0 Å². The molecule has 0 atom stereocenters. The zero-order chi connectivity index (χ0) is 14.1. The zero-order valence-corrected chi connectivity index (χ0v) is 11.1. The van der Waals surface area contributed by atoms with Crippen LogP contribution in [0.25, 0.3) is 0 Å². The van der Waals surface area contributed by atoms with Gasteiger partial charge < -0.3 is 15.2 Å². The number of nitrogens with one attached hydrogen (secondary N) is 1. The van der Waals surface area contributed by atoms with Gasteiger partial charge in [-0.3, -0.25) is 10.1 Å². The Hall–Kier alpha value is -1.50. The highest BCUT2D eigenvalue weighted by atomic mass is 16.6. The Balaban J connectivity index is 2.33. The molecule has 0 aromatic heterocycles. The highest BCUT2D eigenvalue weighted by molar-refractivity contribution is 5.44. The van der Waals surface area contributed by atoms with E-state index < -0.39 is 0 Å². The van der Waals surface area contributed by atoms with Crippen LogP contribution in [0.1, 0.15) is 17.5 Å². The number of nitro benzene ring substituents is 1. The molecule has 0 aliphatic rings. The van der Waals surface area contributed by atoms with Crippen LogP contribution in [0, 0.1) is 17.0 Å². The van der Waals surface area contributed by atoms with Crippen molar-refractivity contribution in [2.45, 2.75) is 19.9 Å². The number of benzene rings is 1. The summed E-state index contributed by atoms with van der Waals surface area (Å²) in [5, 5.41) is 22.5. The van der Waals surface area contributed by atoms with E-state index in [1.807, 2.05) is 6.07 Å². The van der Waals surface area contributed by atoms with E-state index in [1.165, 1.54) is 6.07 Å². The summed E-state index contributed by atoms with van der Waals surface area (Å²) < 4.78 is 5.13. The van der Waals surface area contributed by atoms with Crippen molar-refractivity contribution < 1.29 is 14.8 Å². The van der Waals surface area contributed by atoms with Crippen LogP contribution in [0.3, 0.4) is 0 Å². The Bertz CT molecular complexity index is 410. The van der Waals surface area contributed by atoms with E-state index in [0.717, 1.165) is 18.5 Å². The Labute approximate surface area is 112 Å². The molecule has 0 unspecified atom stereocenters. The lowest BCUT2D eigenvalue weighted by molar-refractivity contribution is -0.385. The standard InChI is InChI=1S/C13H20N2O4/c1-11-12(4-2-5-13(11)15(17)18)10-14-6-3-8-19-9-7-16/h2,4-5,14,16H,3,6-10H2,1H3. The Kier molecular flexibility index (Phi) is 7.02. The van der Waals surface area contributed by atoms with Gasteiger partial charge in [-0.15, -0.1) is 0 Å². The summed E-state index contributed by atoms with van der Waals surface area (Å²) >= 11 is 0. The van der Waals surface area contributed by atoms with Gasteiger partial charge in [0.05, 0.1) is 18.1 Å². The summed E-state index contributed by atoms with van der Waals surface area (Å²) in [6.45, 7) is 4.15. The van der Waals surface area contributed by atoms with E-state index >= 15 is 0 Å². The summed E-state index contributed by atoms with van der Waals surface area (Å²) in [6.07, 6.45) is 0.841. The first-order chi connectivity index (χ1) is 9.16. The van der Waals surface area contributed by atoms with Crippen LogP contribution < -0.4 is 5.32 Å². The molecule has 2 N–H and O–H groups in total. The molecule has 1 aromatic rings. The van der Waals surface area contributed by atoms with E-state index in [-0.39, 0.29) is 17.2 Å². The van der Waals surface area contributed by atoms with Crippen molar-refractivity contribution in [3.8, 4) is 0 Å². The molecular weight excluding hydrogens is 248 g/mol. The van der Waals surface area contributed by atoms with Crippen LogP contribution >= 0.6 is 0 Å². The van der Waals surface area contributed by atoms with Crippen molar-refractivity contribution in [2.75, 3.05) is 26.4 Å². The number of nitro groups is 1. The lowest BCUT2D eigenvalue weighted by Crippen LogP contribution is -2.17. The first-order valence-corrected chi connectivity index (χ1v) is 6.29. The number of aliphatic hydroxyl groups excluding tert-OH is 1. The predicted octanol–water partition coefficient (Wildman–Crippen LogP) is 1.39. The van der Waals surface area contributed by atoms with Gasteiger partial charge in [-0.05, 0) is 25.5 Å². The molecule has 6 nitrogen and oxygen atoms in total. The first kappa shape index (κ1) is 15.6. The van der Waals surface area contributed by atoms with E-state index in [2.05, 4.69) is 5.32 Å². The smallest absolute Gasteiger partial charge is 0.272 e. The molecule has 0 aliphatic carbocycles. The summed E-state index contributed by atoms with van der Waals surface area (Å²) in [7, 11) is 0. The minimum absolute atomic E-state index is 0.0420. The van der Waals surface area contributed by atoms with Crippen molar-refractivity contribution >= 4 is 5.69 Å². The normalized spacial score (nSPS) is 10.6. The third-order valence-corrected chi connectivity index (χ3v) is 2.81. The molecular formula is C13H20N2O4. The average Bonchev–Trinajstić information content (AvgIpc) is 2.39. The maximum Gasteiger partial charge on any atom is 0.272 e. The van der Waals surface area contributed by atoms with Gasteiger partial charge in [0, 0.05) is 24.8 Å². The highest BCUT2D eigenvalue weighted by Gasteiger charge is 2.12. The summed E-state index contributed by atoms with van der Waals surface area (Å²) in [5.41, 5.74) is 1.80. The lowest BCUT2D eigenvalue weighted by Gasteiger charge is -2.08. The molecule has 0 fully saturated rings. The number of aliphatic hydroxyl groups is 1. The number of nitrogens with zero attached hydrogens (tertiary/aromatic N) is 1. The second-order valence-electron chi connectivity index (χ2n) is 4.18. The molecule has 0 radical (unpaired) electrons. The van der Waals surface area contributed by atoms with Gasteiger partial charge in [0.1, 0.15) is 0 Å². The molecule has 0 amide bonds. The number of ether oxygens (including phenoxy) is 1. The maximum absolute atomic E-state index is 10.8. The largest absolute Gasteiger partial charge is 0.394 e. The van der Waals surface area contributed by atoms with Gasteiger partial charge in [-0.2, -0.15) is 0 Å². The molecule has 0 aliphatic heterocycles. The highest BCUT2D eigenvalue weighted by Crippen LogP contribution is 2.20. The molecule has 19 heavy (non-hydrogen) atoms. The molecule has 106 valence electrons. The molecule has 0 spiro atoms. The fraction of sp³-hybridized carbons (Fsp3) is 0.538. The minimum Gasteiger partial charge on any atom is -0.394 e. The van der Waals surface area contributed by atoms with Crippen LogP contribution in [0.5, 0.6) is 0 Å². The van der Waals surface area contributed by atoms with Gasteiger partial charge in [0.2, 0.25) is 0 Å². The van der Waals surface area contributed by atoms with E-state index in [4.69, 9.17) is 9.84 Å². The van der Waals surface area contributed by atoms with E-state index in [9.17, 15) is 10.1 Å². The van der Waals surface area contributed by atoms with Crippen LogP contribution in [-0.2, 0) is 11.3 Å². The topological polar surface area (TPSA) is 84.6 Å². The fourth-order valence-corrected chi connectivity index (χ4v) is 1.75. The van der Waals surface area contributed by atoms with Gasteiger partial charge in [-0.1, -0.05) is 12.1 Å². The second kappa shape index (κ2) is 8.58. The third kappa shape index (κ3) is 5.34.